The molecule has 1 amide bonds. The summed E-state index contributed by atoms with van der Waals surface area (Å²) < 4.78 is 13.2. The van der Waals surface area contributed by atoms with E-state index < -0.39 is 0 Å². The maximum Gasteiger partial charge on any atom is 0.230 e. The Bertz CT molecular complexity index is 344. The van der Waals surface area contributed by atoms with E-state index in [2.05, 4.69) is 5.32 Å². The van der Waals surface area contributed by atoms with Crippen LogP contribution in [0.15, 0.2) is 23.1 Å². The minimum atomic E-state index is -0.390. The third-order valence-electron chi connectivity index (χ3n) is 1.59. The Balaban J connectivity index is 2.63. The first-order valence-corrected chi connectivity index (χ1v) is 5.00. The van der Waals surface area contributed by atoms with Gasteiger partial charge in [0.25, 0.3) is 0 Å². The van der Waals surface area contributed by atoms with Crippen LogP contribution in [0.25, 0.3) is 0 Å². The van der Waals surface area contributed by atoms with Crippen LogP contribution in [-0.2, 0) is 4.79 Å². The predicted molar refractivity (Wildman–Crippen MR) is 55.6 cm³/mol. The molecule has 0 aliphatic rings. The Labute approximate surface area is 85.9 Å². The molecule has 3 nitrogen and oxygen atoms in total. The fourth-order valence-electron chi connectivity index (χ4n) is 0.850. The maximum atomic E-state index is 13.2. The van der Waals surface area contributed by atoms with Crippen LogP contribution in [0.5, 0.6) is 0 Å². The number of hydrogen-bond acceptors (Lipinski definition) is 3. The second-order valence-corrected chi connectivity index (χ2v) is 3.67. The van der Waals surface area contributed by atoms with Gasteiger partial charge in [-0.25, -0.2) is 4.39 Å². The molecule has 0 aliphatic heterocycles. The topological polar surface area (TPSA) is 55.1 Å². The molecular formula is C9H11FN2OS. The third kappa shape index (κ3) is 2.92. The molecule has 14 heavy (non-hydrogen) atoms. The maximum absolute atomic E-state index is 13.2. The smallest absolute Gasteiger partial charge is 0.230 e. The first-order valence-electron chi connectivity index (χ1n) is 4.02. The van der Waals surface area contributed by atoms with E-state index in [0.29, 0.717) is 10.6 Å². The number of thioether (sulfide) groups is 1. The van der Waals surface area contributed by atoms with Crippen LogP contribution in [0.2, 0.25) is 0 Å². The van der Waals surface area contributed by atoms with E-state index in [1.54, 1.807) is 19.2 Å². The summed E-state index contributed by atoms with van der Waals surface area (Å²) >= 11 is 1.15. The number of rotatable bonds is 3. The molecule has 0 saturated heterocycles. The van der Waals surface area contributed by atoms with E-state index in [0.717, 1.165) is 11.8 Å². The zero-order valence-electron chi connectivity index (χ0n) is 7.71. The molecule has 1 aromatic rings. The van der Waals surface area contributed by atoms with Gasteiger partial charge in [-0.1, -0.05) is 0 Å². The van der Waals surface area contributed by atoms with Crippen molar-refractivity contribution in [2.75, 3.05) is 18.5 Å². The van der Waals surface area contributed by atoms with Crippen LogP contribution in [0.1, 0.15) is 0 Å². The molecule has 0 fully saturated rings. The second kappa shape index (κ2) is 4.85. The molecule has 0 spiro atoms. The molecule has 5 heteroatoms. The number of halogens is 1. The summed E-state index contributed by atoms with van der Waals surface area (Å²) in [7, 11) is 1.54. The van der Waals surface area contributed by atoms with Crippen LogP contribution < -0.4 is 11.1 Å². The molecule has 0 atom stereocenters. The normalized spacial score (nSPS) is 9.86. The van der Waals surface area contributed by atoms with Gasteiger partial charge < -0.3 is 11.1 Å². The number of nitrogens with one attached hydrogen (secondary N) is 1. The number of nitrogens with two attached hydrogens (primary N) is 1. The third-order valence-corrected chi connectivity index (χ3v) is 2.64. The van der Waals surface area contributed by atoms with E-state index in [-0.39, 0.29) is 17.5 Å². The van der Waals surface area contributed by atoms with E-state index in [1.807, 2.05) is 0 Å². The van der Waals surface area contributed by atoms with Gasteiger partial charge in [0, 0.05) is 17.6 Å². The lowest BCUT2D eigenvalue weighted by Crippen LogP contribution is -2.19. The number of carbonyl (C=O) groups is 1. The van der Waals surface area contributed by atoms with Crippen LogP contribution >= 0.6 is 11.8 Å². The van der Waals surface area contributed by atoms with Gasteiger partial charge in [0.2, 0.25) is 5.91 Å². The molecule has 76 valence electrons. The number of benzene rings is 1. The van der Waals surface area contributed by atoms with Crippen molar-refractivity contribution in [3.8, 4) is 0 Å². The van der Waals surface area contributed by atoms with E-state index in [1.165, 1.54) is 6.07 Å². The van der Waals surface area contributed by atoms with Gasteiger partial charge >= 0.3 is 0 Å². The van der Waals surface area contributed by atoms with Gasteiger partial charge in [-0.05, 0) is 18.2 Å². The number of anilines is 1. The fourth-order valence-corrected chi connectivity index (χ4v) is 1.64. The Morgan fingerprint density at radius 3 is 2.93 bits per heavy atom. The fraction of sp³-hybridized carbons (Fsp3) is 0.222. The van der Waals surface area contributed by atoms with Crippen LogP contribution in [0.4, 0.5) is 10.1 Å². The zero-order chi connectivity index (χ0) is 10.6. The lowest BCUT2D eigenvalue weighted by molar-refractivity contribution is -0.118. The molecule has 3 N–H and O–H groups in total. The highest BCUT2D eigenvalue weighted by molar-refractivity contribution is 8.00. The lowest BCUT2D eigenvalue weighted by Gasteiger charge is -2.02. The molecule has 0 unspecified atom stereocenters. The van der Waals surface area contributed by atoms with E-state index in [4.69, 9.17) is 5.73 Å². The van der Waals surface area contributed by atoms with Crippen molar-refractivity contribution in [2.24, 2.45) is 0 Å². The average molecular weight is 214 g/mol. The molecule has 0 heterocycles. The van der Waals surface area contributed by atoms with Crippen molar-refractivity contribution < 1.29 is 9.18 Å². The molecule has 0 radical (unpaired) electrons. The van der Waals surface area contributed by atoms with Gasteiger partial charge in [-0.15, -0.1) is 11.8 Å². The van der Waals surface area contributed by atoms with Gasteiger partial charge in [-0.3, -0.25) is 4.79 Å². The minimum absolute atomic E-state index is 0.133. The lowest BCUT2D eigenvalue weighted by atomic mass is 10.3. The van der Waals surface area contributed by atoms with Gasteiger partial charge in [0.05, 0.1) is 5.75 Å². The number of amides is 1. The van der Waals surface area contributed by atoms with Crippen molar-refractivity contribution >= 4 is 23.4 Å². The first kappa shape index (κ1) is 10.8. The van der Waals surface area contributed by atoms with Crippen LogP contribution in [0, 0.1) is 5.82 Å². The van der Waals surface area contributed by atoms with Crippen molar-refractivity contribution in [1.82, 2.24) is 5.32 Å². The van der Waals surface area contributed by atoms with E-state index >= 15 is 0 Å². The van der Waals surface area contributed by atoms with Gasteiger partial charge in [0.1, 0.15) is 5.82 Å². The SMILES string of the molecule is CNC(=O)CSc1ccc(N)cc1F. The Kier molecular flexibility index (Phi) is 3.76. The first-order chi connectivity index (χ1) is 6.63. The summed E-state index contributed by atoms with van der Waals surface area (Å²) in [5.74, 6) is -0.317. The highest BCUT2D eigenvalue weighted by atomic mass is 32.2. The summed E-state index contributed by atoms with van der Waals surface area (Å²) in [5, 5.41) is 2.46. The Morgan fingerprint density at radius 2 is 2.36 bits per heavy atom. The van der Waals surface area contributed by atoms with Crippen LogP contribution in [0.3, 0.4) is 0 Å². The molecule has 0 aliphatic carbocycles. The largest absolute Gasteiger partial charge is 0.399 e. The molecule has 0 saturated carbocycles. The van der Waals surface area contributed by atoms with E-state index in [9.17, 15) is 9.18 Å². The van der Waals surface area contributed by atoms with Crippen molar-refractivity contribution in [3.63, 3.8) is 0 Å². The molecule has 0 bridgehead atoms. The number of hydrogen-bond donors (Lipinski definition) is 2. The highest BCUT2D eigenvalue weighted by Crippen LogP contribution is 2.22. The minimum Gasteiger partial charge on any atom is -0.399 e. The Morgan fingerprint density at radius 1 is 1.64 bits per heavy atom. The summed E-state index contributed by atoms with van der Waals surface area (Å²) in [5.41, 5.74) is 5.76. The number of carbonyl (C=O) groups excluding carboxylic acids is 1. The second-order valence-electron chi connectivity index (χ2n) is 2.65. The van der Waals surface area contributed by atoms with Crippen molar-refractivity contribution in [2.45, 2.75) is 4.90 Å². The molecule has 1 aromatic carbocycles. The van der Waals surface area contributed by atoms with Gasteiger partial charge in [-0.2, -0.15) is 0 Å². The Hall–Kier alpha value is -1.23. The summed E-state index contributed by atoms with van der Waals surface area (Å²) in [6.45, 7) is 0. The average Bonchev–Trinajstić information content (AvgIpc) is 2.16. The standard InChI is InChI=1S/C9H11FN2OS/c1-12-9(13)5-14-8-3-2-6(11)4-7(8)10/h2-4H,5,11H2,1H3,(H,12,13). The summed E-state index contributed by atoms with van der Waals surface area (Å²) in [4.78, 5) is 11.3. The predicted octanol–water partition coefficient (Wildman–Crippen LogP) is 1.25. The van der Waals surface area contributed by atoms with Crippen molar-refractivity contribution in [1.29, 1.82) is 0 Å². The summed E-state index contributed by atoms with van der Waals surface area (Å²) in [6.07, 6.45) is 0. The monoisotopic (exact) mass is 214 g/mol. The molecule has 1 rings (SSSR count). The van der Waals surface area contributed by atoms with Gasteiger partial charge in [0.15, 0.2) is 0 Å². The zero-order valence-corrected chi connectivity index (χ0v) is 8.53. The van der Waals surface area contributed by atoms with Crippen LogP contribution in [-0.4, -0.2) is 18.7 Å². The quantitative estimate of drug-likeness (QED) is 0.588. The van der Waals surface area contributed by atoms with Crippen molar-refractivity contribution in [3.05, 3.63) is 24.0 Å². The molecule has 0 aromatic heterocycles. The summed E-state index contributed by atoms with van der Waals surface area (Å²) in [6, 6.07) is 4.42. The highest BCUT2D eigenvalue weighted by Gasteiger charge is 2.05. The number of nitrogen functional groups attached to an aromatic ring is 1. The molecular weight excluding hydrogens is 203 g/mol.